The highest BCUT2D eigenvalue weighted by Crippen LogP contribution is 2.33. The van der Waals surface area contributed by atoms with Gasteiger partial charge in [0.2, 0.25) is 5.91 Å². The first-order valence-electron chi connectivity index (χ1n) is 18.5. The summed E-state index contributed by atoms with van der Waals surface area (Å²) in [6.45, 7) is 3.27. The molecule has 0 aliphatic heterocycles. The molecular formula is C42H50N4O9S. The van der Waals surface area contributed by atoms with Crippen molar-refractivity contribution in [2.75, 3.05) is 14.2 Å². The number of hydrogen-bond acceptors (Lipinski definition) is 10. The summed E-state index contributed by atoms with van der Waals surface area (Å²) in [5, 5.41) is 4.60. The average Bonchev–Trinajstić information content (AvgIpc) is 3.62. The molecule has 0 fully saturated rings. The van der Waals surface area contributed by atoms with E-state index in [4.69, 9.17) is 14.2 Å². The van der Waals surface area contributed by atoms with E-state index in [1.54, 1.807) is 72.9 Å². The van der Waals surface area contributed by atoms with Crippen molar-refractivity contribution in [3.8, 4) is 0 Å². The first-order chi connectivity index (χ1) is 26.9. The van der Waals surface area contributed by atoms with Gasteiger partial charge < -0.3 is 29.8 Å². The number of para-hydroxylation sites is 1. The third kappa shape index (κ3) is 11.2. The van der Waals surface area contributed by atoms with Crippen molar-refractivity contribution in [3.63, 3.8) is 0 Å². The molecule has 3 aromatic carbocycles. The maximum Gasteiger partial charge on any atom is 0.418 e. The number of carbonyl (C=O) groups is 6. The molecule has 0 aliphatic carbocycles. The number of carbonyl (C=O) groups excluding carboxylic acids is 6. The minimum absolute atomic E-state index is 0.0187. The Labute approximate surface area is 332 Å². The van der Waals surface area contributed by atoms with Crippen LogP contribution in [0, 0.1) is 5.92 Å². The fraction of sp³-hybridized carbons (Fsp3) is 0.381. The molecule has 56 heavy (non-hydrogen) atoms. The second kappa shape index (κ2) is 20.9. The Balaban J connectivity index is 1.86. The molecule has 4 aromatic rings. The molecule has 4 amide bonds. The SMILES string of the molecule is CNC(=O)[C@@](Cc1c[nH]c2ccccc12)(C(=O)[C@H](CC(C)C)NC(=O)OCc1ccccc1)N(C(=O)OCc1ccccc1)C(=O)C(S)CCCCC(=O)OC. The first-order valence-corrected chi connectivity index (χ1v) is 19.0. The number of aromatic amines is 1. The number of benzene rings is 3. The fourth-order valence-corrected chi connectivity index (χ4v) is 6.73. The van der Waals surface area contributed by atoms with Crippen LogP contribution >= 0.6 is 12.6 Å². The Bertz CT molecular complexity index is 1950. The highest BCUT2D eigenvalue weighted by molar-refractivity contribution is 7.81. The molecule has 0 aliphatic rings. The predicted molar refractivity (Wildman–Crippen MR) is 214 cm³/mol. The van der Waals surface area contributed by atoms with Crippen molar-refractivity contribution < 1.29 is 43.0 Å². The van der Waals surface area contributed by atoms with Crippen LogP contribution < -0.4 is 10.6 Å². The number of rotatable bonds is 19. The standard InChI is InChI=1S/C42H50N4O9S/c1-28(2)23-34(45-40(51)54-26-29-15-7-5-8-16-29)37(48)42(39(50)43-3,24-31-25-44-33-20-12-11-19-32(31)33)46(41(52)55-27-30-17-9-6-10-18-30)38(49)35(56)21-13-14-22-36(47)53-4/h5-12,15-20,25,28,34-35,44,56H,13-14,21-24,26-27H2,1-4H3,(H,43,50)(H,45,51)/t34-,35?,42+/m0/s1. The number of methoxy groups -OCH3 is 1. The molecule has 1 unspecified atom stereocenters. The van der Waals surface area contributed by atoms with Gasteiger partial charge in [0.1, 0.15) is 13.2 Å². The summed E-state index contributed by atoms with van der Waals surface area (Å²) >= 11 is 4.59. The van der Waals surface area contributed by atoms with Crippen LogP contribution in [0.2, 0.25) is 0 Å². The van der Waals surface area contributed by atoms with E-state index >= 15 is 4.79 Å². The molecular weight excluding hydrogens is 737 g/mol. The summed E-state index contributed by atoms with van der Waals surface area (Å²) in [6, 6.07) is 23.4. The molecule has 0 radical (unpaired) electrons. The third-order valence-electron chi connectivity index (χ3n) is 9.27. The lowest BCUT2D eigenvalue weighted by Gasteiger charge is -2.41. The van der Waals surface area contributed by atoms with Gasteiger partial charge in [-0.05, 0) is 47.9 Å². The summed E-state index contributed by atoms with van der Waals surface area (Å²) in [7, 11) is 2.57. The van der Waals surface area contributed by atoms with Crippen molar-refractivity contribution in [3.05, 3.63) is 108 Å². The van der Waals surface area contributed by atoms with E-state index in [1.807, 2.05) is 32.0 Å². The number of alkyl carbamates (subject to hydrolysis) is 1. The number of thiol groups is 1. The Morgan fingerprint density at radius 1 is 0.839 bits per heavy atom. The molecule has 13 nitrogen and oxygen atoms in total. The van der Waals surface area contributed by atoms with Gasteiger partial charge in [-0.25, -0.2) is 14.5 Å². The number of unbranched alkanes of at least 4 members (excludes halogenated alkanes) is 1. The van der Waals surface area contributed by atoms with Gasteiger partial charge in [0.05, 0.1) is 18.4 Å². The van der Waals surface area contributed by atoms with Crippen molar-refractivity contribution in [1.29, 1.82) is 0 Å². The maximum absolute atomic E-state index is 15.5. The van der Waals surface area contributed by atoms with E-state index in [2.05, 4.69) is 28.2 Å². The van der Waals surface area contributed by atoms with Crippen molar-refractivity contribution in [1.82, 2.24) is 20.5 Å². The number of imide groups is 1. The van der Waals surface area contributed by atoms with Crippen molar-refractivity contribution in [2.45, 2.75) is 82.4 Å². The Morgan fingerprint density at radius 2 is 1.45 bits per heavy atom. The smallest absolute Gasteiger partial charge is 0.418 e. The Hall–Kier alpha value is -5.63. The minimum atomic E-state index is -2.62. The number of amides is 4. The quantitative estimate of drug-likeness (QED) is 0.0280. The van der Waals surface area contributed by atoms with E-state index < -0.39 is 59.0 Å². The van der Waals surface area contributed by atoms with E-state index in [1.165, 1.54) is 14.2 Å². The summed E-state index contributed by atoms with van der Waals surface area (Å²) in [5.41, 5.74) is -0.200. The van der Waals surface area contributed by atoms with Crippen LogP contribution in [0.25, 0.3) is 10.9 Å². The number of fused-ring (bicyclic) bond motifs is 1. The fourth-order valence-electron chi connectivity index (χ4n) is 6.43. The molecule has 1 aromatic heterocycles. The average molecular weight is 787 g/mol. The van der Waals surface area contributed by atoms with Crippen LogP contribution in [0.1, 0.15) is 62.6 Å². The lowest BCUT2D eigenvalue weighted by molar-refractivity contribution is -0.154. The lowest BCUT2D eigenvalue weighted by Crippen LogP contribution is -2.71. The second-order valence-corrected chi connectivity index (χ2v) is 14.4. The van der Waals surface area contributed by atoms with Crippen LogP contribution in [0.3, 0.4) is 0 Å². The molecule has 0 saturated carbocycles. The summed E-state index contributed by atoms with van der Waals surface area (Å²) in [4.78, 5) is 88.3. The number of Topliss-reactive ketones (excluding diaryl/α,β-unsaturated/α-hetero) is 1. The number of likely N-dealkylation sites (N-methyl/N-ethyl adjacent to an activating group) is 1. The van der Waals surface area contributed by atoms with Gasteiger partial charge in [-0.3, -0.25) is 19.2 Å². The predicted octanol–water partition coefficient (Wildman–Crippen LogP) is 6.30. The number of H-pyrrole nitrogens is 1. The number of esters is 1. The van der Waals surface area contributed by atoms with E-state index in [9.17, 15) is 24.0 Å². The van der Waals surface area contributed by atoms with Crippen LogP contribution in [0.15, 0.2) is 91.1 Å². The number of nitrogens with zero attached hydrogens (tertiary/aromatic N) is 1. The second-order valence-electron chi connectivity index (χ2n) is 13.8. The Kier molecular flexibility index (Phi) is 16.1. The monoisotopic (exact) mass is 786 g/mol. The van der Waals surface area contributed by atoms with E-state index in [0.29, 0.717) is 45.3 Å². The minimum Gasteiger partial charge on any atom is -0.469 e. The largest absolute Gasteiger partial charge is 0.469 e. The molecule has 0 bridgehead atoms. The van der Waals surface area contributed by atoms with Gasteiger partial charge in [-0.15, -0.1) is 0 Å². The number of ketones is 1. The van der Waals surface area contributed by atoms with Gasteiger partial charge in [0, 0.05) is 37.0 Å². The first kappa shape index (κ1) is 43.1. The van der Waals surface area contributed by atoms with Gasteiger partial charge in [-0.1, -0.05) is 99.1 Å². The molecule has 298 valence electrons. The molecule has 3 atom stereocenters. The normalized spacial score (nSPS) is 13.2. The number of nitrogens with one attached hydrogen (secondary N) is 3. The van der Waals surface area contributed by atoms with Crippen LogP contribution in [0.4, 0.5) is 9.59 Å². The molecule has 4 rings (SSSR count). The van der Waals surface area contributed by atoms with Crippen molar-refractivity contribution in [2.24, 2.45) is 5.92 Å². The molecule has 0 saturated heterocycles. The maximum atomic E-state index is 15.5. The number of ether oxygens (including phenoxy) is 3. The Morgan fingerprint density at radius 3 is 2.05 bits per heavy atom. The summed E-state index contributed by atoms with van der Waals surface area (Å²) in [5.74, 6) is -3.54. The van der Waals surface area contributed by atoms with Gasteiger partial charge in [0.25, 0.3) is 5.91 Å². The molecule has 1 heterocycles. The van der Waals surface area contributed by atoms with Crippen LogP contribution in [-0.4, -0.2) is 76.6 Å². The van der Waals surface area contributed by atoms with Gasteiger partial charge in [0.15, 0.2) is 11.3 Å². The van der Waals surface area contributed by atoms with E-state index in [-0.39, 0.29) is 38.4 Å². The van der Waals surface area contributed by atoms with Crippen molar-refractivity contribution >= 4 is 59.3 Å². The lowest BCUT2D eigenvalue weighted by atomic mass is 9.78. The van der Waals surface area contributed by atoms with Gasteiger partial charge >= 0.3 is 18.2 Å². The third-order valence-corrected chi connectivity index (χ3v) is 9.75. The summed E-state index contributed by atoms with van der Waals surface area (Å²) in [6.07, 6.45) is -0.203. The molecule has 3 N–H and O–H groups in total. The van der Waals surface area contributed by atoms with E-state index in [0.717, 1.165) is 0 Å². The number of aromatic nitrogens is 1. The zero-order valence-electron chi connectivity index (χ0n) is 32.1. The van der Waals surface area contributed by atoms with Crippen LogP contribution in [-0.2, 0) is 53.0 Å². The number of hydrogen-bond donors (Lipinski definition) is 4. The topological polar surface area (TPSA) is 173 Å². The zero-order chi connectivity index (χ0) is 40.7. The molecule has 14 heteroatoms. The van der Waals surface area contributed by atoms with Gasteiger partial charge in [-0.2, -0.15) is 12.6 Å². The highest BCUT2D eigenvalue weighted by Gasteiger charge is 2.58. The molecule has 0 spiro atoms. The summed E-state index contributed by atoms with van der Waals surface area (Å²) < 4.78 is 16.0. The zero-order valence-corrected chi connectivity index (χ0v) is 33.0. The highest BCUT2D eigenvalue weighted by atomic mass is 32.1. The van der Waals surface area contributed by atoms with Crippen LogP contribution in [0.5, 0.6) is 0 Å².